The lowest BCUT2D eigenvalue weighted by Crippen LogP contribution is -2.56. The van der Waals surface area contributed by atoms with Crippen LogP contribution in [-0.4, -0.2) is 67.2 Å². The quantitative estimate of drug-likeness (QED) is 0.610. The highest BCUT2D eigenvalue weighted by Crippen LogP contribution is 2.32. The van der Waals surface area contributed by atoms with Crippen molar-refractivity contribution in [1.82, 2.24) is 15.1 Å². The van der Waals surface area contributed by atoms with Crippen LogP contribution in [-0.2, 0) is 27.5 Å². The number of nitrogens with zero attached hydrogens (tertiary/aromatic N) is 2. The van der Waals surface area contributed by atoms with Gasteiger partial charge in [0.25, 0.3) is 0 Å². The van der Waals surface area contributed by atoms with Crippen molar-refractivity contribution >= 4 is 11.8 Å². The summed E-state index contributed by atoms with van der Waals surface area (Å²) < 4.78 is 16.4. The van der Waals surface area contributed by atoms with E-state index in [-0.39, 0.29) is 31.1 Å². The molecule has 0 spiro atoms. The number of hydrogen-bond donors (Lipinski definition) is 1. The number of fused-ring (bicyclic) bond motifs is 1. The molecular weight excluding hydrogens is 434 g/mol. The second kappa shape index (κ2) is 11.4. The first-order valence-electron chi connectivity index (χ1n) is 11.8. The van der Waals surface area contributed by atoms with Crippen molar-refractivity contribution in [2.24, 2.45) is 5.92 Å². The molecule has 0 bridgehead atoms. The predicted octanol–water partition coefficient (Wildman–Crippen LogP) is 2.42. The number of carbonyl (C=O) groups excluding carboxylic acids is 2. The van der Waals surface area contributed by atoms with E-state index >= 15 is 0 Å². The van der Waals surface area contributed by atoms with Gasteiger partial charge in [-0.05, 0) is 29.2 Å². The first-order valence-corrected chi connectivity index (χ1v) is 11.8. The Morgan fingerprint density at radius 2 is 1.71 bits per heavy atom. The molecule has 2 aliphatic rings. The second-order valence-electron chi connectivity index (χ2n) is 9.06. The van der Waals surface area contributed by atoms with Gasteiger partial charge in [-0.15, -0.1) is 0 Å². The third kappa shape index (κ3) is 6.27. The molecule has 0 aliphatic carbocycles. The number of nitrogens with one attached hydrogen (secondary N) is 1. The van der Waals surface area contributed by atoms with Crippen LogP contribution in [0, 0.1) is 5.92 Å². The van der Waals surface area contributed by atoms with Crippen LogP contribution in [0.15, 0.2) is 48.5 Å². The third-order valence-electron chi connectivity index (χ3n) is 6.12. The summed E-state index contributed by atoms with van der Waals surface area (Å²) in [5.74, 6) is 1.25. The number of ether oxygens (including phenoxy) is 3. The molecule has 2 amide bonds. The zero-order chi connectivity index (χ0) is 23.9. The maximum atomic E-state index is 13.2. The number of carbonyl (C=O) groups is 2. The van der Waals surface area contributed by atoms with E-state index in [0.29, 0.717) is 19.7 Å². The van der Waals surface area contributed by atoms with Crippen molar-refractivity contribution in [3.63, 3.8) is 0 Å². The average Bonchev–Trinajstić information content (AvgIpc) is 3.31. The van der Waals surface area contributed by atoms with E-state index in [1.54, 1.807) is 0 Å². The fourth-order valence-electron chi connectivity index (χ4n) is 4.19. The standard InChI is InChI=1S/C26H33N3O5/c1-19(2)25(27-24(30)17-32-16-20-6-4-3-5-7-20)26(31)29-12-10-28(11-13-29)15-21-8-9-22-23(14-21)34-18-33-22/h3-9,14,19,25H,10-13,15-18H2,1-2H3,(H,27,30). The minimum Gasteiger partial charge on any atom is -0.454 e. The number of amides is 2. The van der Waals surface area contributed by atoms with Crippen LogP contribution >= 0.6 is 0 Å². The fraction of sp³-hybridized carbons (Fsp3) is 0.462. The first-order chi connectivity index (χ1) is 16.5. The lowest BCUT2D eigenvalue weighted by atomic mass is 10.0. The molecule has 8 nitrogen and oxygen atoms in total. The Labute approximate surface area is 200 Å². The van der Waals surface area contributed by atoms with E-state index in [2.05, 4.69) is 16.3 Å². The number of benzene rings is 2. The zero-order valence-corrected chi connectivity index (χ0v) is 19.9. The van der Waals surface area contributed by atoms with Gasteiger partial charge in [0.2, 0.25) is 18.6 Å². The van der Waals surface area contributed by atoms with Crippen molar-refractivity contribution in [1.29, 1.82) is 0 Å². The summed E-state index contributed by atoms with van der Waals surface area (Å²) in [7, 11) is 0. The van der Waals surface area contributed by atoms with Gasteiger partial charge < -0.3 is 24.4 Å². The Kier molecular flexibility index (Phi) is 8.03. The zero-order valence-electron chi connectivity index (χ0n) is 19.9. The van der Waals surface area contributed by atoms with Gasteiger partial charge in [0.05, 0.1) is 6.61 Å². The van der Waals surface area contributed by atoms with Gasteiger partial charge >= 0.3 is 0 Å². The highest BCUT2D eigenvalue weighted by atomic mass is 16.7. The van der Waals surface area contributed by atoms with E-state index < -0.39 is 6.04 Å². The molecule has 4 rings (SSSR count). The molecule has 1 unspecified atom stereocenters. The molecule has 2 aromatic rings. The molecule has 2 aromatic carbocycles. The molecule has 2 aliphatic heterocycles. The predicted molar refractivity (Wildman–Crippen MR) is 127 cm³/mol. The van der Waals surface area contributed by atoms with Crippen LogP contribution < -0.4 is 14.8 Å². The summed E-state index contributed by atoms with van der Waals surface area (Å²) in [5.41, 5.74) is 2.16. The van der Waals surface area contributed by atoms with Crippen LogP contribution in [0.1, 0.15) is 25.0 Å². The maximum absolute atomic E-state index is 13.2. The van der Waals surface area contributed by atoms with E-state index in [4.69, 9.17) is 14.2 Å². The van der Waals surface area contributed by atoms with E-state index in [1.807, 2.05) is 61.2 Å². The van der Waals surface area contributed by atoms with Crippen molar-refractivity contribution in [3.8, 4) is 11.5 Å². The van der Waals surface area contributed by atoms with Crippen LogP contribution in [0.2, 0.25) is 0 Å². The highest BCUT2D eigenvalue weighted by molar-refractivity contribution is 5.88. The molecule has 1 fully saturated rings. The van der Waals surface area contributed by atoms with E-state index in [1.165, 1.54) is 0 Å². The SMILES string of the molecule is CC(C)C(NC(=O)COCc1ccccc1)C(=O)N1CCN(Cc2ccc3c(c2)OCO3)CC1. The summed E-state index contributed by atoms with van der Waals surface area (Å²) in [4.78, 5) is 29.8. The molecule has 0 saturated carbocycles. The Morgan fingerprint density at radius 1 is 0.971 bits per heavy atom. The van der Waals surface area contributed by atoms with Crippen LogP contribution in [0.4, 0.5) is 0 Å². The van der Waals surface area contributed by atoms with Crippen LogP contribution in [0.3, 0.4) is 0 Å². The normalized spacial score (nSPS) is 16.5. The largest absolute Gasteiger partial charge is 0.454 e. The average molecular weight is 468 g/mol. The van der Waals surface area contributed by atoms with Gasteiger partial charge in [0.1, 0.15) is 12.6 Å². The van der Waals surface area contributed by atoms with Crippen molar-refractivity contribution in [2.45, 2.75) is 33.0 Å². The van der Waals surface area contributed by atoms with Crippen LogP contribution in [0.5, 0.6) is 11.5 Å². The molecule has 1 N–H and O–H groups in total. The van der Waals surface area contributed by atoms with Crippen molar-refractivity contribution < 1.29 is 23.8 Å². The number of rotatable bonds is 9. The Hall–Kier alpha value is -3.10. The molecule has 34 heavy (non-hydrogen) atoms. The van der Waals surface area contributed by atoms with E-state index in [0.717, 1.165) is 42.3 Å². The molecular formula is C26H33N3O5. The lowest BCUT2D eigenvalue weighted by Gasteiger charge is -2.37. The van der Waals surface area contributed by atoms with Gasteiger partial charge in [-0.2, -0.15) is 0 Å². The smallest absolute Gasteiger partial charge is 0.246 e. The second-order valence-corrected chi connectivity index (χ2v) is 9.06. The topological polar surface area (TPSA) is 80.3 Å². The Morgan fingerprint density at radius 3 is 2.44 bits per heavy atom. The fourth-order valence-corrected chi connectivity index (χ4v) is 4.19. The van der Waals surface area contributed by atoms with Crippen molar-refractivity contribution in [3.05, 3.63) is 59.7 Å². The molecule has 0 aromatic heterocycles. The minimum absolute atomic E-state index is 0.0164. The molecule has 1 saturated heterocycles. The summed E-state index contributed by atoms with van der Waals surface area (Å²) in [6.45, 7) is 8.06. The lowest BCUT2D eigenvalue weighted by molar-refractivity contribution is -0.140. The molecule has 1 atom stereocenters. The first kappa shape index (κ1) is 24.0. The van der Waals surface area contributed by atoms with Crippen LogP contribution in [0.25, 0.3) is 0 Å². The summed E-state index contributed by atoms with van der Waals surface area (Å²) in [6.07, 6.45) is 0. The van der Waals surface area contributed by atoms with Gasteiger partial charge in [-0.3, -0.25) is 14.5 Å². The summed E-state index contributed by atoms with van der Waals surface area (Å²) in [5, 5.41) is 2.88. The summed E-state index contributed by atoms with van der Waals surface area (Å²) >= 11 is 0. The Bertz CT molecular complexity index is 974. The van der Waals surface area contributed by atoms with Gasteiger partial charge in [0.15, 0.2) is 11.5 Å². The number of hydrogen-bond acceptors (Lipinski definition) is 6. The minimum atomic E-state index is -0.562. The highest BCUT2D eigenvalue weighted by Gasteiger charge is 2.30. The van der Waals surface area contributed by atoms with Gasteiger partial charge in [-0.25, -0.2) is 0 Å². The molecule has 2 heterocycles. The van der Waals surface area contributed by atoms with E-state index in [9.17, 15) is 9.59 Å². The number of piperazine rings is 1. The Balaban J connectivity index is 1.23. The molecule has 8 heteroatoms. The van der Waals surface area contributed by atoms with Gasteiger partial charge in [-0.1, -0.05) is 50.2 Å². The molecule has 0 radical (unpaired) electrons. The maximum Gasteiger partial charge on any atom is 0.246 e. The molecule has 182 valence electrons. The summed E-state index contributed by atoms with van der Waals surface area (Å²) in [6, 6.07) is 15.1. The van der Waals surface area contributed by atoms with Crippen molar-refractivity contribution in [2.75, 3.05) is 39.6 Å². The monoisotopic (exact) mass is 467 g/mol. The third-order valence-corrected chi connectivity index (χ3v) is 6.12. The van der Waals surface area contributed by atoms with Gasteiger partial charge in [0, 0.05) is 32.7 Å².